The second kappa shape index (κ2) is 6.93. The number of aryl methyl sites for hydroxylation is 1. The van der Waals surface area contributed by atoms with E-state index in [0.717, 1.165) is 13.1 Å². The van der Waals surface area contributed by atoms with Crippen LogP contribution in [0.2, 0.25) is 0 Å². The van der Waals surface area contributed by atoms with Crippen LogP contribution in [-0.4, -0.2) is 15.8 Å². The predicted molar refractivity (Wildman–Crippen MR) is 77.7 cm³/mol. The van der Waals surface area contributed by atoms with Gasteiger partial charge in [0.1, 0.15) is 0 Å². The van der Waals surface area contributed by atoms with Gasteiger partial charge in [-0.1, -0.05) is 34.1 Å². The fourth-order valence-electron chi connectivity index (χ4n) is 2.35. The first-order valence-electron chi connectivity index (χ1n) is 7.21. The summed E-state index contributed by atoms with van der Waals surface area (Å²) in [4.78, 5) is 0. The molecule has 3 heteroatoms. The van der Waals surface area contributed by atoms with Gasteiger partial charge in [-0.15, -0.1) is 0 Å². The summed E-state index contributed by atoms with van der Waals surface area (Å²) in [6.45, 7) is 15.2. The summed E-state index contributed by atoms with van der Waals surface area (Å²) in [5.74, 6) is 0.707. The lowest BCUT2D eigenvalue weighted by Crippen LogP contribution is -2.22. The number of aromatic nitrogens is 2. The van der Waals surface area contributed by atoms with Crippen LogP contribution in [0.25, 0.3) is 0 Å². The second-order valence-electron chi connectivity index (χ2n) is 5.76. The normalized spacial score (nSPS) is 13.3. The third kappa shape index (κ3) is 4.13. The van der Waals surface area contributed by atoms with Crippen molar-refractivity contribution in [1.82, 2.24) is 15.1 Å². The van der Waals surface area contributed by atoms with Crippen LogP contribution in [0.1, 0.15) is 57.5 Å². The Morgan fingerprint density at radius 2 is 1.89 bits per heavy atom. The molecule has 3 nitrogen and oxygen atoms in total. The zero-order chi connectivity index (χ0) is 13.7. The topological polar surface area (TPSA) is 29.9 Å². The highest BCUT2D eigenvalue weighted by Gasteiger charge is 2.13. The Kier molecular flexibility index (Phi) is 5.86. The molecular weight excluding hydrogens is 222 g/mol. The van der Waals surface area contributed by atoms with Crippen molar-refractivity contribution in [3.8, 4) is 0 Å². The van der Waals surface area contributed by atoms with Crippen molar-refractivity contribution in [3.63, 3.8) is 0 Å². The van der Waals surface area contributed by atoms with E-state index in [0.29, 0.717) is 12.0 Å². The first-order valence-corrected chi connectivity index (χ1v) is 7.21. The summed E-state index contributed by atoms with van der Waals surface area (Å²) in [5.41, 5.74) is 3.86. The van der Waals surface area contributed by atoms with Gasteiger partial charge in [0.25, 0.3) is 0 Å². The minimum atomic E-state index is 0.520. The maximum absolute atomic E-state index is 4.69. The molecule has 1 heterocycles. The van der Waals surface area contributed by atoms with E-state index in [9.17, 15) is 0 Å². The molecule has 1 atom stereocenters. The largest absolute Gasteiger partial charge is 0.310 e. The maximum atomic E-state index is 4.69. The van der Waals surface area contributed by atoms with E-state index in [2.05, 4.69) is 56.6 Å². The molecule has 18 heavy (non-hydrogen) atoms. The van der Waals surface area contributed by atoms with Crippen molar-refractivity contribution in [1.29, 1.82) is 0 Å². The highest BCUT2D eigenvalue weighted by atomic mass is 15.3. The van der Waals surface area contributed by atoms with Gasteiger partial charge in [-0.25, -0.2) is 0 Å². The van der Waals surface area contributed by atoms with Crippen molar-refractivity contribution in [3.05, 3.63) is 17.0 Å². The molecule has 0 aliphatic heterocycles. The minimum absolute atomic E-state index is 0.520. The lowest BCUT2D eigenvalue weighted by molar-refractivity contribution is 0.413. The molecular formula is C15H29N3. The number of rotatable bonds is 7. The highest BCUT2D eigenvalue weighted by Crippen LogP contribution is 2.16. The minimum Gasteiger partial charge on any atom is -0.310 e. The van der Waals surface area contributed by atoms with E-state index in [1.54, 1.807) is 0 Å². The average molecular weight is 251 g/mol. The Morgan fingerprint density at radius 3 is 2.44 bits per heavy atom. The first kappa shape index (κ1) is 15.2. The predicted octanol–water partition coefficient (Wildman–Crippen LogP) is 3.43. The molecule has 0 radical (unpaired) electrons. The van der Waals surface area contributed by atoms with E-state index in [1.807, 2.05) is 0 Å². The number of nitrogens with zero attached hydrogens (tertiary/aromatic N) is 2. The first-order chi connectivity index (χ1) is 8.45. The third-order valence-corrected chi connectivity index (χ3v) is 3.48. The van der Waals surface area contributed by atoms with Gasteiger partial charge >= 0.3 is 0 Å². The van der Waals surface area contributed by atoms with Crippen LogP contribution < -0.4 is 5.32 Å². The number of nitrogens with one attached hydrogen (secondary N) is 1. The highest BCUT2D eigenvalue weighted by molar-refractivity contribution is 5.24. The van der Waals surface area contributed by atoms with Crippen molar-refractivity contribution >= 4 is 0 Å². The van der Waals surface area contributed by atoms with Gasteiger partial charge in [0, 0.05) is 30.4 Å². The molecule has 1 rings (SSSR count). The number of hydrogen-bond acceptors (Lipinski definition) is 2. The fraction of sp³-hybridized carbons (Fsp3) is 0.800. The third-order valence-electron chi connectivity index (χ3n) is 3.48. The molecule has 0 aromatic carbocycles. The standard InChI is InChI=1S/C15H29N3/c1-7-8-12(4)10-18-14(6)15(13(5)17-18)9-16-11(2)3/h11-12,16H,7-10H2,1-6H3. The Morgan fingerprint density at radius 1 is 1.22 bits per heavy atom. The summed E-state index contributed by atoms with van der Waals surface area (Å²) in [6, 6.07) is 0.520. The Labute approximate surface area is 112 Å². The quantitative estimate of drug-likeness (QED) is 0.804. The summed E-state index contributed by atoms with van der Waals surface area (Å²) >= 11 is 0. The van der Waals surface area contributed by atoms with Crippen LogP contribution in [0.3, 0.4) is 0 Å². The van der Waals surface area contributed by atoms with Crippen LogP contribution >= 0.6 is 0 Å². The van der Waals surface area contributed by atoms with Crippen molar-refractivity contribution in [2.24, 2.45) is 5.92 Å². The van der Waals surface area contributed by atoms with E-state index >= 15 is 0 Å². The zero-order valence-electron chi connectivity index (χ0n) is 12.9. The Balaban J connectivity index is 2.73. The fourth-order valence-corrected chi connectivity index (χ4v) is 2.35. The van der Waals surface area contributed by atoms with E-state index in [-0.39, 0.29) is 0 Å². The van der Waals surface area contributed by atoms with Crippen molar-refractivity contribution in [2.75, 3.05) is 0 Å². The molecule has 0 bridgehead atoms. The Bertz CT molecular complexity index is 366. The van der Waals surface area contributed by atoms with Gasteiger partial charge in [-0.2, -0.15) is 5.10 Å². The van der Waals surface area contributed by atoms with E-state index in [1.165, 1.54) is 29.8 Å². The molecule has 0 saturated heterocycles. The van der Waals surface area contributed by atoms with Gasteiger partial charge < -0.3 is 5.32 Å². The molecule has 1 aromatic heterocycles. The van der Waals surface area contributed by atoms with Gasteiger partial charge in [0.05, 0.1) is 5.69 Å². The number of hydrogen-bond donors (Lipinski definition) is 1. The zero-order valence-corrected chi connectivity index (χ0v) is 12.9. The maximum Gasteiger partial charge on any atom is 0.0641 e. The lowest BCUT2D eigenvalue weighted by Gasteiger charge is -2.12. The lowest BCUT2D eigenvalue weighted by atomic mass is 10.1. The summed E-state index contributed by atoms with van der Waals surface area (Å²) in [6.07, 6.45) is 2.53. The monoisotopic (exact) mass is 251 g/mol. The molecule has 0 aliphatic rings. The van der Waals surface area contributed by atoms with E-state index < -0.39 is 0 Å². The van der Waals surface area contributed by atoms with Gasteiger partial charge in [-0.05, 0) is 26.2 Å². The van der Waals surface area contributed by atoms with Crippen molar-refractivity contribution < 1.29 is 0 Å². The summed E-state index contributed by atoms with van der Waals surface area (Å²) in [7, 11) is 0. The van der Waals surface area contributed by atoms with Gasteiger partial charge in [0.15, 0.2) is 0 Å². The summed E-state index contributed by atoms with van der Waals surface area (Å²) in [5, 5.41) is 8.17. The van der Waals surface area contributed by atoms with Gasteiger partial charge in [0.2, 0.25) is 0 Å². The summed E-state index contributed by atoms with van der Waals surface area (Å²) < 4.78 is 2.19. The molecule has 1 aromatic rings. The molecule has 0 spiro atoms. The molecule has 0 saturated carbocycles. The molecule has 104 valence electrons. The van der Waals surface area contributed by atoms with Crippen LogP contribution in [0.15, 0.2) is 0 Å². The smallest absolute Gasteiger partial charge is 0.0641 e. The molecule has 1 unspecified atom stereocenters. The second-order valence-corrected chi connectivity index (χ2v) is 5.76. The molecule has 0 amide bonds. The van der Waals surface area contributed by atoms with Crippen LogP contribution in [-0.2, 0) is 13.1 Å². The molecule has 0 fully saturated rings. The van der Waals surface area contributed by atoms with Gasteiger partial charge in [-0.3, -0.25) is 4.68 Å². The van der Waals surface area contributed by atoms with E-state index in [4.69, 9.17) is 0 Å². The van der Waals surface area contributed by atoms with Crippen LogP contribution in [0.5, 0.6) is 0 Å². The SMILES string of the molecule is CCCC(C)Cn1nc(C)c(CNC(C)C)c1C. The molecule has 1 N–H and O–H groups in total. The average Bonchev–Trinajstić information content (AvgIpc) is 2.52. The Hall–Kier alpha value is -0.830. The van der Waals surface area contributed by atoms with Crippen LogP contribution in [0, 0.1) is 19.8 Å². The van der Waals surface area contributed by atoms with Crippen LogP contribution in [0.4, 0.5) is 0 Å². The molecule has 0 aliphatic carbocycles. The van der Waals surface area contributed by atoms with Crippen molar-refractivity contribution in [2.45, 2.75) is 73.5 Å².